The van der Waals surface area contributed by atoms with Crippen molar-refractivity contribution < 1.29 is 18.0 Å². The summed E-state index contributed by atoms with van der Waals surface area (Å²) in [4.78, 5) is 11.6. The lowest BCUT2D eigenvalue weighted by atomic mass is 9.94. The molecular formula is C11H17F3N2O. The summed E-state index contributed by atoms with van der Waals surface area (Å²) in [6.45, 7) is 0.891. The molecule has 0 aromatic rings. The van der Waals surface area contributed by atoms with Gasteiger partial charge in [-0.25, -0.2) is 0 Å². The number of nitrogens with one attached hydrogen (secondary N) is 2. The van der Waals surface area contributed by atoms with E-state index in [4.69, 9.17) is 0 Å². The predicted molar refractivity (Wildman–Crippen MR) is 56.3 cm³/mol. The second-order valence-corrected chi connectivity index (χ2v) is 4.86. The highest BCUT2D eigenvalue weighted by Gasteiger charge is 2.46. The van der Waals surface area contributed by atoms with Crippen LogP contribution in [0.1, 0.15) is 25.7 Å². The third-order valence-corrected chi connectivity index (χ3v) is 3.45. The normalized spacial score (nSPS) is 30.8. The Bertz CT molecular complexity index is 289. The highest BCUT2D eigenvalue weighted by Crippen LogP contribution is 2.35. The minimum absolute atomic E-state index is 0.0408. The average molecular weight is 250 g/mol. The quantitative estimate of drug-likeness (QED) is 0.778. The third kappa shape index (κ3) is 3.34. The van der Waals surface area contributed by atoms with Gasteiger partial charge in [-0.3, -0.25) is 4.79 Å². The summed E-state index contributed by atoms with van der Waals surface area (Å²) in [5.74, 6) is -1.66. The van der Waals surface area contributed by atoms with Gasteiger partial charge in [-0.1, -0.05) is 0 Å². The fourth-order valence-corrected chi connectivity index (χ4v) is 2.25. The summed E-state index contributed by atoms with van der Waals surface area (Å²) in [6, 6.07) is -0.766. The minimum atomic E-state index is -4.23. The standard InChI is InChI=1S/C11H17F3N2O/c12-11(13,14)8-3-5-15-6-4-9(8)16-10(17)7-1-2-7/h7-9,15H,1-6H2,(H,16,17). The molecule has 2 aliphatic rings. The van der Waals surface area contributed by atoms with E-state index in [1.165, 1.54) is 0 Å². The lowest BCUT2D eigenvalue weighted by Crippen LogP contribution is -2.46. The summed E-state index contributed by atoms with van der Waals surface area (Å²) < 4.78 is 38.6. The number of hydrogen-bond donors (Lipinski definition) is 2. The molecule has 98 valence electrons. The molecule has 2 atom stereocenters. The van der Waals surface area contributed by atoms with Gasteiger partial charge >= 0.3 is 6.18 Å². The molecular weight excluding hydrogens is 233 g/mol. The molecule has 2 unspecified atom stereocenters. The molecule has 0 bridgehead atoms. The number of halogens is 3. The minimum Gasteiger partial charge on any atom is -0.352 e. The first-order valence-corrected chi connectivity index (χ1v) is 6.06. The maximum absolute atomic E-state index is 12.9. The monoisotopic (exact) mass is 250 g/mol. The molecule has 1 saturated carbocycles. The smallest absolute Gasteiger partial charge is 0.352 e. The Morgan fingerprint density at radius 3 is 2.35 bits per heavy atom. The molecule has 1 amide bonds. The lowest BCUT2D eigenvalue weighted by Gasteiger charge is -2.27. The van der Waals surface area contributed by atoms with E-state index in [1.807, 2.05) is 0 Å². The van der Waals surface area contributed by atoms with Crippen molar-refractivity contribution >= 4 is 5.91 Å². The Kier molecular flexibility index (Phi) is 3.61. The summed E-state index contributed by atoms with van der Waals surface area (Å²) in [7, 11) is 0. The summed E-state index contributed by atoms with van der Waals surface area (Å²) in [5.41, 5.74) is 0. The van der Waals surface area contributed by atoms with Crippen LogP contribution < -0.4 is 10.6 Å². The molecule has 0 spiro atoms. The molecule has 1 aliphatic heterocycles. The van der Waals surface area contributed by atoms with Gasteiger partial charge in [0.15, 0.2) is 0 Å². The third-order valence-electron chi connectivity index (χ3n) is 3.45. The van der Waals surface area contributed by atoms with Crippen molar-refractivity contribution in [1.82, 2.24) is 10.6 Å². The molecule has 2 rings (SSSR count). The van der Waals surface area contributed by atoms with Gasteiger partial charge in [0.25, 0.3) is 0 Å². The van der Waals surface area contributed by atoms with Crippen LogP contribution in [0.25, 0.3) is 0 Å². The van der Waals surface area contributed by atoms with Gasteiger partial charge < -0.3 is 10.6 Å². The van der Waals surface area contributed by atoms with Crippen LogP contribution in [0, 0.1) is 11.8 Å². The van der Waals surface area contributed by atoms with Gasteiger partial charge in [0.05, 0.1) is 5.92 Å². The van der Waals surface area contributed by atoms with E-state index in [1.54, 1.807) is 0 Å². The van der Waals surface area contributed by atoms with Crippen LogP contribution in [-0.4, -0.2) is 31.2 Å². The van der Waals surface area contributed by atoms with E-state index >= 15 is 0 Å². The Balaban J connectivity index is 2.00. The van der Waals surface area contributed by atoms with Crippen LogP contribution in [0.5, 0.6) is 0 Å². The van der Waals surface area contributed by atoms with E-state index in [0.29, 0.717) is 19.5 Å². The van der Waals surface area contributed by atoms with Crippen molar-refractivity contribution in [2.75, 3.05) is 13.1 Å². The number of carbonyl (C=O) groups is 1. The first-order valence-electron chi connectivity index (χ1n) is 6.06. The predicted octanol–water partition coefficient (Wildman–Crippen LogP) is 1.44. The zero-order valence-corrected chi connectivity index (χ0v) is 9.52. The molecule has 6 heteroatoms. The SMILES string of the molecule is O=C(NC1CCNCCC1C(F)(F)F)C1CC1. The van der Waals surface area contributed by atoms with Crippen molar-refractivity contribution in [2.45, 2.75) is 37.9 Å². The average Bonchev–Trinajstić information content (AvgIpc) is 3.03. The van der Waals surface area contributed by atoms with Crippen LogP contribution in [-0.2, 0) is 4.79 Å². The molecule has 1 aliphatic carbocycles. The first-order chi connectivity index (χ1) is 7.98. The van der Waals surface area contributed by atoms with Crippen LogP contribution >= 0.6 is 0 Å². The fraction of sp³-hybridized carbons (Fsp3) is 0.909. The molecule has 2 fully saturated rings. The van der Waals surface area contributed by atoms with Gasteiger partial charge in [-0.2, -0.15) is 13.2 Å². The van der Waals surface area contributed by atoms with Crippen molar-refractivity contribution in [3.8, 4) is 0 Å². The van der Waals surface area contributed by atoms with E-state index < -0.39 is 18.1 Å². The molecule has 3 nitrogen and oxygen atoms in total. The van der Waals surface area contributed by atoms with Crippen LogP contribution in [0.2, 0.25) is 0 Å². The maximum atomic E-state index is 12.9. The molecule has 2 N–H and O–H groups in total. The fourth-order valence-electron chi connectivity index (χ4n) is 2.25. The van der Waals surface area contributed by atoms with E-state index in [9.17, 15) is 18.0 Å². The zero-order chi connectivity index (χ0) is 12.5. The summed E-state index contributed by atoms with van der Waals surface area (Å²) in [5, 5.41) is 5.52. The van der Waals surface area contributed by atoms with E-state index in [0.717, 1.165) is 12.8 Å². The molecule has 17 heavy (non-hydrogen) atoms. The lowest BCUT2D eigenvalue weighted by molar-refractivity contribution is -0.183. The van der Waals surface area contributed by atoms with Gasteiger partial charge in [0.1, 0.15) is 0 Å². The maximum Gasteiger partial charge on any atom is 0.393 e. The number of rotatable bonds is 2. The number of hydrogen-bond acceptors (Lipinski definition) is 2. The van der Waals surface area contributed by atoms with Crippen molar-refractivity contribution in [3.63, 3.8) is 0 Å². The highest BCUT2D eigenvalue weighted by atomic mass is 19.4. The van der Waals surface area contributed by atoms with Crippen molar-refractivity contribution in [1.29, 1.82) is 0 Å². The van der Waals surface area contributed by atoms with Gasteiger partial charge in [0, 0.05) is 12.0 Å². The molecule has 1 heterocycles. The first kappa shape index (κ1) is 12.7. The Morgan fingerprint density at radius 2 is 1.76 bits per heavy atom. The number of alkyl halides is 3. The Labute approximate surface area is 98.1 Å². The van der Waals surface area contributed by atoms with Crippen LogP contribution in [0.4, 0.5) is 13.2 Å². The Morgan fingerprint density at radius 1 is 1.12 bits per heavy atom. The van der Waals surface area contributed by atoms with Gasteiger partial charge in [-0.15, -0.1) is 0 Å². The van der Waals surface area contributed by atoms with E-state index in [-0.39, 0.29) is 18.2 Å². The Hall–Kier alpha value is -0.780. The van der Waals surface area contributed by atoms with Crippen molar-refractivity contribution in [2.24, 2.45) is 11.8 Å². The highest BCUT2D eigenvalue weighted by molar-refractivity contribution is 5.81. The summed E-state index contributed by atoms with van der Waals surface area (Å²) in [6.07, 6.45) is -2.21. The summed E-state index contributed by atoms with van der Waals surface area (Å²) >= 11 is 0. The number of carbonyl (C=O) groups excluding carboxylic acids is 1. The number of amides is 1. The van der Waals surface area contributed by atoms with Crippen molar-refractivity contribution in [3.05, 3.63) is 0 Å². The molecule has 0 aromatic carbocycles. The molecule has 1 saturated heterocycles. The van der Waals surface area contributed by atoms with Crippen LogP contribution in [0.15, 0.2) is 0 Å². The zero-order valence-electron chi connectivity index (χ0n) is 9.52. The second kappa shape index (κ2) is 4.84. The van der Waals surface area contributed by atoms with Gasteiger partial charge in [0.2, 0.25) is 5.91 Å². The topological polar surface area (TPSA) is 41.1 Å². The second-order valence-electron chi connectivity index (χ2n) is 4.86. The van der Waals surface area contributed by atoms with Gasteiger partial charge in [-0.05, 0) is 38.8 Å². The largest absolute Gasteiger partial charge is 0.393 e. The molecule has 0 aromatic heterocycles. The molecule has 0 radical (unpaired) electrons. The van der Waals surface area contributed by atoms with Crippen LogP contribution in [0.3, 0.4) is 0 Å². The van der Waals surface area contributed by atoms with E-state index in [2.05, 4.69) is 10.6 Å².